The fourth-order valence-electron chi connectivity index (χ4n) is 5.06. The number of carbonyl (C=O) groups excluding carboxylic acids is 1. The molecule has 0 radical (unpaired) electrons. The number of hydrogen-bond acceptors (Lipinski definition) is 7. The fraction of sp³-hybridized carbons (Fsp3) is 0.429. The molecule has 1 unspecified atom stereocenters. The van der Waals surface area contributed by atoms with Crippen LogP contribution in [-0.2, 0) is 4.74 Å². The largest absolute Gasteiger partial charge is 0.493 e. The first kappa shape index (κ1) is 24.3. The number of methoxy groups -OCH3 is 1. The van der Waals surface area contributed by atoms with Gasteiger partial charge in [-0.15, -0.1) is 0 Å². The van der Waals surface area contributed by atoms with E-state index in [0.717, 1.165) is 29.8 Å². The van der Waals surface area contributed by atoms with Gasteiger partial charge in [-0.1, -0.05) is 6.07 Å². The van der Waals surface area contributed by atoms with E-state index in [1.54, 1.807) is 12.0 Å². The molecular formula is C28H32N2O6. The molecule has 36 heavy (non-hydrogen) atoms. The Labute approximate surface area is 210 Å². The lowest BCUT2D eigenvalue weighted by atomic mass is 9.97. The van der Waals surface area contributed by atoms with Crippen LogP contribution in [0.1, 0.15) is 45.8 Å². The molecule has 1 amide bonds. The Hall–Kier alpha value is -3.36. The first-order valence-corrected chi connectivity index (χ1v) is 12.4. The molecule has 3 heterocycles. The van der Waals surface area contributed by atoms with Crippen molar-refractivity contribution in [1.82, 2.24) is 9.80 Å². The van der Waals surface area contributed by atoms with Gasteiger partial charge in [-0.2, -0.15) is 0 Å². The second-order valence-electron chi connectivity index (χ2n) is 9.31. The number of aryl methyl sites for hydroxylation is 2. The summed E-state index contributed by atoms with van der Waals surface area (Å²) in [4.78, 5) is 31.6. The molecule has 2 aliphatic rings. The maximum atomic E-state index is 13.9. The van der Waals surface area contributed by atoms with Gasteiger partial charge >= 0.3 is 0 Å². The topological polar surface area (TPSA) is 81.5 Å². The Morgan fingerprint density at radius 2 is 1.75 bits per heavy atom. The third-order valence-electron chi connectivity index (χ3n) is 7.15. The zero-order valence-corrected chi connectivity index (χ0v) is 21.3. The van der Waals surface area contributed by atoms with Gasteiger partial charge in [-0.3, -0.25) is 14.5 Å². The van der Waals surface area contributed by atoms with Gasteiger partial charge in [0.15, 0.2) is 16.9 Å². The van der Waals surface area contributed by atoms with Gasteiger partial charge in [0.25, 0.3) is 5.91 Å². The Morgan fingerprint density at radius 1 is 1.00 bits per heavy atom. The smallest absolute Gasteiger partial charge is 0.290 e. The van der Waals surface area contributed by atoms with Crippen LogP contribution in [0.5, 0.6) is 11.5 Å². The number of morpholine rings is 1. The number of ether oxygens (including phenoxy) is 3. The minimum Gasteiger partial charge on any atom is -0.493 e. The van der Waals surface area contributed by atoms with E-state index >= 15 is 0 Å². The Balaban J connectivity index is 1.63. The molecule has 1 aromatic heterocycles. The van der Waals surface area contributed by atoms with E-state index in [0.29, 0.717) is 60.9 Å². The number of carbonyl (C=O) groups is 1. The van der Waals surface area contributed by atoms with Gasteiger partial charge < -0.3 is 23.5 Å². The van der Waals surface area contributed by atoms with E-state index in [-0.39, 0.29) is 17.1 Å². The quantitative estimate of drug-likeness (QED) is 0.498. The minimum absolute atomic E-state index is 0.121. The number of nitrogens with zero attached hydrogens (tertiary/aromatic N) is 2. The highest BCUT2D eigenvalue weighted by atomic mass is 16.5. The van der Waals surface area contributed by atoms with Crippen molar-refractivity contribution < 1.29 is 23.4 Å². The molecule has 1 saturated heterocycles. The predicted molar refractivity (Wildman–Crippen MR) is 136 cm³/mol. The molecule has 1 atom stereocenters. The first-order chi connectivity index (χ1) is 17.4. The molecule has 0 spiro atoms. The zero-order chi connectivity index (χ0) is 25.4. The minimum atomic E-state index is -0.583. The molecule has 0 N–H and O–H groups in total. The van der Waals surface area contributed by atoms with Crippen molar-refractivity contribution in [2.45, 2.75) is 26.8 Å². The molecule has 2 aliphatic heterocycles. The lowest BCUT2D eigenvalue weighted by Gasteiger charge is -2.31. The van der Waals surface area contributed by atoms with Crippen molar-refractivity contribution in [1.29, 1.82) is 0 Å². The van der Waals surface area contributed by atoms with E-state index in [1.165, 1.54) is 0 Å². The van der Waals surface area contributed by atoms with Crippen LogP contribution in [0.3, 0.4) is 0 Å². The van der Waals surface area contributed by atoms with Crippen LogP contribution in [0.15, 0.2) is 39.5 Å². The molecule has 8 heteroatoms. The molecule has 2 aromatic carbocycles. The molecule has 5 rings (SSSR count). The van der Waals surface area contributed by atoms with Crippen molar-refractivity contribution >= 4 is 16.9 Å². The molecule has 0 bridgehead atoms. The van der Waals surface area contributed by atoms with Crippen molar-refractivity contribution in [3.63, 3.8) is 0 Å². The maximum Gasteiger partial charge on any atom is 0.290 e. The predicted octanol–water partition coefficient (Wildman–Crippen LogP) is 3.69. The summed E-state index contributed by atoms with van der Waals surface area (Å²) in [5, 5.41) is 0.489. The number of fused-ring (bicyclic) bond motifs is 2. The monoisotopic (exact) mass is 492 g/mol. The molecule has 0 aliphatic carbocycles. The molecule has 190 valence electrons. The summed E-state index contributed by atoms with van der Waals surface area (Å²) in [6.45, 7) is 10.5. The number of rotatable bonds is 7. The molecule has 3 aromatic rings. The van der Waals surface area contributed by atoms with Crippen LogP contribution in [0, 0.1) is 13.8 Å². The summed E-state index contributed by atoms with van der Waals surface area (Å²) < 4.78 is 22.9. The van der Waals surface area contributed by atoms with E-state index in [9.17, 15) is 9.59 Å². The van der Waals surface area contributed by atoms with Gasteiger partial charge in [0.2, 0.25) is 5.76 Å². The highest BCUT2D eigenvalue weighted by Gasteiger charge is 2.43. The van der Waals surface area contributed by atoms with Crippen molar-refractivity contribution in [3.05, 3.63) is 68.6 Å². The van der Waals surface area contributed by atoms with E-state index < -0.39 is 6.04 Å². The summed E-state index contributed by atoms with van der Waals surface area (Å²) in [5.74, 6) is 1.02. The summed E-state index contributed by atoms with van der Waals surface area (Å²) >= 11 is 0. The van der Waals surface area contributed by atoms with Crippen LogP contribution in [0.4, 0.5) is 0 Å². The lowest BCUT2D eigenvalue weighted by molar-refractivity contribution is 0.0314. The Bertz CT molecular complexity index is 1360. The van der Waals surface area contributed by atoms with Crippen LogP contribution < -0.4 is 14.9 Å². The molecule has 8 nitrogen and oxygen atoms in total. The van der Waals surface area contributed by atoms with Crippen LogP contribution in [0.2, 0.25) is 0 Å². The third kappa shape index (κ3) is 4.24. The van der Waals surface area contributed by atoms with Gasteiger partial charge in [-0.25, -0.2) is 0 Å². The number of hydrogen-bond donors (Lipinski definition) is 0. The number of benzene rings is 2. The van der Waals surface area contributed by atoms with Crippen molar-refractivity contribution in [2.24, 2.45) is 0 Å². The molecular weight excluding hydrogens is 460 g/mol. The van der Waals surface area contributed by atoms with Crippen LogP contribution >= 0.6 is 0 Å². The van der Waals surface area contributed by atoms with Gasteiger partial charge in [-0.05, 0) is 61.7 Å². The summed E-state index contributed by atoms with van der Waals surface area (Å²) in [5.41, 5.74) is 3.43. The molecule has 1 fully saturated rings. The van der Waals surface area contributed by atoms with Gasteiger partial charge in [0, 0.05) is 26.2 Å². The average Bonchev–Trinajstić information content (AvgIpc) is 3.16. The summed E-state index contributed by atoms with van der Waals surface area (Å²) in [6, 6.07) is 8.69. The van der Waals surface area contributed by atoms with E-state index in [1.807, 2.05) is 51.1 Å². The van der Waals surface area contributed by atoms with E-state index in [2.05, 4.69) is 4.90 Å². The lowest BCUT2D eigenvalue weighted by Crippen LogP contribution is -2.42. The highest BCUT2D eigenvalue weighted by molar-refractivity contribution is 5.99. The van der Waals surface area contributed by atoms with Crippen molar-refractivity contribution in [3.8, 4) is 11.5 Å². The van der Waals surface area contributed by atoms with Crippen molar-refractivity contribution in [2.75, 3.05) is 53.1 Å². The normalized spacial score (nSPS) is 18.1. The van der Waals surface area contributed by atoms with E-state index in [4.69, 9.17) is 18.6 Å². The Morgan fingerprint density at radius 3 is 2.47 bits per heavy atom. The van der Waals surface area contributed by atoms with Gasteiger partial charge in [0.05, 0.1) is 43.9 Å². The highest BCUT2D eigenvalue weighted by Crippen LogP contribution is 2.41. The molecule has 0 saturated carbocycles. The fourth-order valence-corrected chi connectivity index (χ4v) is 5.06. The maximum absolute atomic E-state index is 13.9. The zero-order valence-electron chi connectivity index (χ0n) is 21.3. The Kier molecular flexibility index (Phi) is 6.73. The first-order valence-electron chi connectivity index (χ1n) is 12.4. The SMILES string of the molecule is CCOc1ccc(C2c3c(oc4cc(C)c(C)cc4c3=O)C(=O)N2CCN2CCOCC2)cc1OC. The van der Waals surface area contributed by atoms with Crippen LogP contribution in [0.25, 0.3) is 11.0 Å². The average molecular weight is 493 g/mol. The third-order valence-corrected chi connectivity index (χ3v) is 7.15. The summed E-state index contributed by atoms with van der Waals surface area (Å²) in [7, 11) is 1.58. The standard InChI is InChI=1S/C28H32N2O6/c1-5-35-21-7-6-19(16-23(21)33-4)25-24-26(31)20-14-17(2)18(3)15-22(20)36-27(24)28(32)30(25)9-8-29-10-12-34-13-11-29/h6-7,14-16,25H,5,8-13H2,1-4H3. The second-order valence-corrected chi connectivity index (χ2v) is 9.31. The van der Waals surface area contributed by atoms with Crippen LogP contribution in [-0.4, -0.2) is 68.8 Å². The summed E-state index contributed by atoms with van der Waals surface area (Å²) in [6.07, 6.45) is 0. The number of amides is 1. The van der Waals surface area contributed by atoms with Gasteiger partial charge in [0.1, 0.15) is 5.58 Å². The second kappa shape index (κ2) is 9.95.